The molecule has 3 rings (SSSR count). The Morgan fingerprint density at radius 1 is 1.23 bits per heavy atom. The first-order valence-electron chi connectivity index (χ1n) is 8.74. The van der Waals surface area contributed by atoms with Crippen molar-refractivity contribution in [3.05, 3.63) is 0 Å². The van der Waals surface area contributed by atoms with Gasteiger partial charge in [0, 0.05) is 6.54 Å². The van der Waals surface area contributed by atoms with E-state index >= 15 is 0 Å². The minimum atomic E-state index is -0.701. The second-order valence-corrected chi connectivity index (χ2v) is 8.14. The molecule has 1 aliphatic heterocycles. The number of aliphatic hydroxyl groups is 1. The number of hydrogen-bond acceptors (Lipinski definition) is 5. The van der Waals surface area contributed by atoms with Crippen LogP contribution in [-0.4, -0.2) is 35.0 Å². The van der Waals surface area contributed by atoms with E-state index in [1.54, 1.807) is 0 Å². The molecule has 126 valence electrons. The fourth-order valence-corrected chi connectivity index (χ4v) is 4.13. The molecule has 0 aromatic carbocycles. The molecule has 1 heterocycles. The van der Waals surface area contributed by atoms with Crippen LogP contribution in [-0.2, 0) is 9.53 Å². The number of ether oxygens (including phenoxy) is 1. The molecular weight excluding hydrogens is 280 g/mol. The van der Waals surface area contributed by atoms with Crippen LogP contribution in [0.25, 0.3) is 0 Å². The second kappa shape index (κ2) is 5.46. The molecule has 3 fully saturated rings. The Morgan fingerprint density at radius 3 is 2.27 bits per heavy atom. The van der Waals surface area contributed by atoms with Crippen molar-refractivity contribution < 1.29 is 14.6 Å². The zero-order chi connectivity index (χ0) is 16.0. The van der Waals surface area contributed by atoms with Crippen LogP contribution in [0.15, 0.2) is 0 Å². The lowest BCUT2D eigenvalue weighted by atomic mass is 9.75. The summed E-state index contributed by atoms with van der Waals surface area (Å²) in [6.45, 7) is 4.36. The molecule has 0 bridgehead atoms. The molecule has 0 amide bonds. The molecule has 2 saturated carbocycles. The van der Waals surface area contributed by atoms with Crippen LogP contribution in [0.3, 0.4) is 0 Å². The Bertz CT molecular complexity index is 431. The predicted octanol–water partition coefficient (Wildman–Crippen LogP) is 1.68. The van der Waals surface area contributed by atoms with E-state index in [1.807, 2.05) is 13.8 Å². The van der Waals surface area contributed by atoms with Crippen molar-refractivity contribution >= 4 is 5.97 Å². The van der Waals surface area contributed by atoms with Crippen LogP contribution in [0.5, 0.6) is 0 Å². The first-order valence-corrected chi connectivity index (χ1v) is 8.74. The van der Waals surface area contributed by atoms with E-state index in [1.165, 1.54) is 0 Å². The van der Waals surface area contributed by atoms with Gasteiger partial charge in [0.15, 0.2) is 0 Å². The number of carbonyl (C=O) groups excluding carboxylic acids is 1. The molecule has 1 saturated heterocycles. The second-order valence-electron chi connectivity index (χ2n) is 8.14. The minimum absolute atomic E-state index is 0.0182. The van der Waals surface area contributed by atoms with Crippen LogP contribution >= 0.6 is 0 Å². The van der Waals surface area contributed by atoms with Crippen LogP contribution < -0.4 is 11.1 Å². The molecular formula is C17H30N2O3. The van der Waals surface area contributed by atoms with Crippen molar-refractivity contribution in [3.63, 3.8) is 0 Å². The smallest absolute Gasteiger partial charge is 0.315 e. The maximum atomic E-state index is 12.4. The highest BCUT2D eigenvalue weighted by molar-refractivity contribution is 5.78. The largest absolute Gasteiger partial charge is 0.462 e. The van der Waals surface area contributed by atoms with E-state index in [2.05, 4.69) is 5.32 Å². The van der Waals surface area contributed by atoms with Gasteiger partial charge in [-0.15, -0.1) is 0 Å². The number of nitrogens with two attached hydrogens (primary N) is 1. The highest BCUT2D eigenvalue weighted by atomic mass is 16.5. The van der Waals surface area contributed by atoms with Gasteiger partial charge in [-0.1, -0.05) is 12.8 Å². The summed E-state index contributed by atoms with van der Waals surface area (Å²) in [6.07, 6.45) is 7.79. The van der Waals surface area contributed by atoms with Crippen molar-refractivity contribution in [2.24, 2.45) is 17.1 Å². The molecule has 3 aliphatic rings. The predicted molar refractivity (Wildman–Crippen MR) is 84.0 cm³/mol. The molecule has 0 aromatic rings. The summed E-state index contributed by atoms with van der Waals surface area (Å²) < 4.78 is 5.73. The van der Waals surface area contributed by atoms with Crippen molar-refractivity contribution in [1.29, 1.82) is 0 Å². The Balaban J connectivity index is 1.51. The number of rotatable bonds is 4. The van der Waals surface area contributed by atoms with Crippen molar-refractivity contribution in [2.75, 3.05) is 6.54 Å². The van der Waals surface area contributed by atoms with Gasteiger partial charge in [-0.3, -0.25) is 10.1 Å². The molecule has 4 N–H and O–H groups in total. The SMILES string of the molecule is CC(C)(C(=O)OC1CCC(C2(O)CCCC2)CC1)C1(N)CN1. The summed E-state index contributed by atoms with van der Waals surface area (Å²) in [5.74, 6) is 0.173. The lowest BCUT2D eigenvalue weighted by Crippen LogP contribution is -2.51. The van der Waals surface area contributed by atoms with E-state index in [4.69, 9.17) is 10.5 Å². The minimum Gasteiger partial charge on any atom is -0.462 e. The third-order valence-corrected chi connectivity index (χ3v) is 6.36. The fraction of sp³-hybridized carbons (Fsp3) is 0.941. The van der Waals surface area contributed by atoms with E-state index in [-0.39, 0.29) is 12.1 Å². The molecule has 1 atom stereocenters. The van der Waals surface area contributed by atoms with Crippen LogP contribution in [0.2, 0.25) is 0 Å². The van der Waals surface area contributed by atoms with Gasteiger partial charge >= 0.3 is 5.97 Å². The molecule has 2 aliphatic carbocycles. The van der Waals surface area contributed by atoms with Gasteiger partial charge in [-0.05, 0) is 58.3 Å². The molecule has 0 spiro atoms. The molecule has 5 nitrogen and oxygen atoms in total. The van der Waals surface area contributed by atoms with Gasteiger partial charge in [0.05, 0.1) is 16.7 Å². The molecule has 1 unspecified atom stereocenters. The average molecular weight is 310 g/mol. The van der Waals surface area contributed by atoms with Crippen molar-refractivity contribution in [3.8, 4) is 0 Å². The maximum absolute atomic E-state index is 12.4. The molecule has 5 heteroatoms. The van der Waals surface area contributed by atoms with Gasteiger partial charge in [-0.2, -0.15) is 0 Å². The van der Waals surface area contributed by atoms with Gasteiger partial charge in [0.2, 0.25) is 0 Å². The summed E-state index contributed by atoms with van der Waals surface area (Å²) in [5.41, 5.74) is 4.34. The van der Waals surface area contributed by atoms with Crippen LogP contribution in [0, 0.1) is 11.3 Å². The highest BCUT2D eigenvalue weighted by Gasteiger charge is 2.56. The highest BCUT2D eigenvalue weighted by Crippen LogP contribution is 2.43. The normalized spacial score (nSPS) is 37.8. The zero-order valence-corrected chi connectivity index (χ0v) is 13.9. The van der Waals surface area contributed by atoms with Gasteiger partial charge in [0.25, 0.3) is 0 Å². The van der Waals surface area contributed by atoms with Gasteiger partial charge in [0.1, 0.15) is 6.10 Å². The topological polar surface area (TPSA) is 94.5 Å². The Labute approximate surface area is 133 Å². The van der Waals surface area contributed by atoms with Crippen LogP contribution in [0.4, 0.5) is 0 Å². The Kier molecular flexibility index (Phi) is 4.03. The quantitative estimate of drug-likeness (QED) is 0.542. The number of carbonyl (C=O) groups is 1. The molecule has 0 radical (unpaired) electrons. The van der Waals surface area contributed by atoms with Gasteiger partial charge < -0.3 is 15.6 Å². The summed E-state index contributed by atoms with van der Waals surface area (Å²) in [5, 5.41) is 13.8. The summed E-state index contributed by atoms with van der Waals surface area (Å²) >= 11 is 0. The third-order valence-electron chi connectivity index (χ3n) is 6.36. The Hall–Kier alpha value is -0.650. The van der Waals surface area contributed by atoms with Crippen molar-refractivity contribution in [2.45, 2.75) is 82.6 Å². The standard InChI is InChI=1S/C17H30N2O3/c1-15(2,17(18)11-19-17)14(20)22-13-7-5-12(6-8-13)16(21)9-3-4-10-16/h12-13,19,21H,3-11,18H2,1-2H3. The zero-order valence-electron chi connectivity index (χ0n) is 13.9. The Morgan fingerprint density at radius 2 is 1.77 bits per heavy atom. The average Bonchev–Trinajstić information content (AvgIpc) is 3.09. The number of esters is 1. The van der Waals surface area contributed by atoms with E-state index in [0.29, 0.717) is 12.5 Å². The fourth-order valence-electron chi connectivity index (χ4n) is 4.13. The van der Waals surface area contributed by atoms with E-state index in [0.717, 1.165) is 51.4 Å². The first kappa shape index (κ1) is 16.2. The van der Waals surface area contributed by atoms with E-state index < -0.39 is 16.7 Å². The molecule has 22 heavy (non-hydrogen) atoms. The maximum Gasteiger partial charge on any atom is 0.315 e. The third kappa shape index (κ3) is 2.79. The summed E-state index contributed by atoms with van der Waals surface area (Å²) in [4.78, 5) is 12.4. The lowest BCUT2D eigenvalue weighted by Gasteiger charge is -2.38. The molecule has 0 aromatic heterocycles. The lowest BCUT2D eigenvalue weighted by molar-refractivity contribution is -0.164. The van der Waals surface area contributed by atoms with E-state index in [9.17, 15) is 9.90 Å². The monoisotopic (exact) mass is 310 g/mol. The van der Waals surface area contributed by atoms with Crippen LogP contribution in [0.1, 0.15) is 65.2 Å². The first-order chi connectivity index (χ1) is 10.3. The van der Waals surface area contributed by atoms with Gasteiger partial charge in [-0.25, -0.2) is 0 Å². The summed E-state index contributed by atoms with van der Waals surface area (Å²) in [6, 6.07) is 0. The number of hydrogen-bond donors (Lipinski definition) is 3. The summed E-state index contributed by atoms with van der Waals surface area (Å²) in [7, 11) is 0. The number of nitrogens with one attached hydrogen (secondary N) is 1. The van der Waals surface area contributed by atoms with Crippen molar-refractivity contribution in [1.82, 2.24) is 5.32 Å².